The molecule has 2 aromatic rings. The number of amides is 3. The van der Waals surface area contributed by atoms with E-state index in [9.17, 15) is 14.4 Å². The second-order valence-electron chi connectivity index (χ2n) is 13.7. The van der Waals surface area contributed by atoms with Crippen molar-refractivity contribution < 1.29 is 14.4 Å². The van der Waals surface area contributed by atoms with Gasteiger partial charge in [0.25, 0.3) is 5.91 Å². The van der Waals surface area contributed by atoms with Crippen molar-refractivity contribution in [1.29, 1.82) is 0 Å². The number of imide groups is 1. The maximum Gasteiger partial charge on any atom is 0.255 e. The standard InChI is InChI=1S/C34H38ClN3O3S/c1-34(2)12-11-21(27(15-34)20-3-5-24(35)6-4-20)16-37-17-23-14-30(28(23)19-37)42-25-7-8-26-22(13-25)18-38(33(26)41)29-9-10-31(39)36-32(29)40/h3-8,13,23,28-30H,9-12,14-19H2,1-2H3,(H,36,39,40). The number of hydrogen-bond acceptors (Lipinski definition) is 5. The highest BCUT2D eigenvalue weighted by Crippen LogP contribution is 2.51. The summed E-state index contributed by atoms with van der Waals surface area (Å²) in [5.74, 6) is 0.737. The minimum Gasteiger partial charge on any atom is -0.322 e. The summed E-state index contributed by atoms with van der Waals surface area (Å²) in [6, 6.07) is 14.0. The number of hydrogen-bond donors (Lipinski definition) is 1. The Morgan fingerprint density at radius 2 is 1.86 bits per heavy atom. The molecule has 2 aromatic carbocycles. The van der Waals surface area contributed by atoms with Crippen LogP contribution in [0.25, 0.3) is 5.57 Å². The quantitative estimate of drug-likeness (QED) is 0.400. The molecule has 1 N–H and O–H groups in total. The van der Waals surface area contributed by atoms with Crippen LogP contribution in [0.4, 0.5) is 0 Å². The Morgan fingerprint density at radius 3 is 2.64 bits per heavy atom. The molecule has 1 saturated carbocycles. The molecule has 220 valence electrons. The lowest BCUT2D eigenvalue weighted by Crippen LogP contribution is -2.52. The van der Waals surface area contributed by atoms with E-state index in [1.54, 1.807) is 10.5 Å². The molecule has 3 heterocycles. The summed E-state index contributed by atoms with van der Waals surface area (Å²) in [7, 11) is 0. The van der Waals surface area contributed by atoms with E-state index in [2.05, 4.69) is 48.3 Å². The number of rotatable bonds is 6. The number of carbonyl (C=O) groups is 3. The molecular formula is C34H38ClN3O3S. The van der Waals surface area contributed by atoms with Crippen LogP contribution in [0.3, 0.4) is 0 Å². The molecule has 0 spiro atoms. The fraction of sp³-hybridized carbons (Fsp3) is 0.500. The highest BCUT2D eigenvalue weighted by atomic mass is 35.5. The second kappa shape index (κ2) is 10.8. The Balaban J connectivity index is 0.998. The van der Waals surface area contributed by atoms with Crippen molar-refractivity contribution in [2.75, 3.05) is 19.6 Å². The van der Waals surface area contributed by atoms with Crippen LogP contribution in [-0.4, -0.2) is 58.4 Å². The summed E-state index contributed by atoms with van der Waals surface area (Å²) in [4.78, 5) is 42.6. The van der Waals surface area contributed by atoms with Crippen LogP contribution in [0, 0.1) is 17.3 Å². The molecule has 2 saturated heterocycles. The van der Waals surface area contributed by atoms with Crippen LogP contribution in [0.2, 0.25) is 5.02 Å². The van der Waals surface area contributed by atoms with Gasteiger partial charge in [-0.15, -0.1) is 11.8 Å². The average Bonchev–Trinajstić information content (AvgIpc) is 3.44. The number of likely N-dealkylation sites (tertiary alicyclic amines) is 1. The van der Waals surface area contributed by atoms with Gasteiger partial charge in [0, 0.05) is 53.3 Å². The molecule has 0 radical (unpaired) electrons. The zero-order chi connectivity index (χ0) is 29.2. The van der Waals surface area contributed by atoms with Crippen LogP contribution >= 0.6 is 23.4 Å². The zero-order valence-corrected chi connectivity index (χ0v) is 25.9. The highest BCUT2D eigenvalue weighted by Gasteiger charge is 2.48. The van der Waals surface area contributed by atoms with Crippen molar-refractivity contribution in [3.8, 4) is 0 Å². The van der Waals surface area contributed by atoms with Crippen LogP contribution in [0.5, 0.6) is 0 Å². The number of piperidine rings is 1. The van der Waals surface area contributed by atoms with Gasteiger partial charge in [0.1, 0.15) is 6.04 Å². The number of allylic oxidation sites excluding steroid dienone is 1. The van der Waals surface area contributed by atoms with Crippen molar-refractivity contribution in [2.24, 2.45) is 17.3 Å². The lowest BCUT2D eigenvalue weighted by Gasteiger charge is -2.39. The Morgan fingerprint density at radius 1 is 1.05 bits per heavy atom. The monoisotopic (exact) mass is 603 g/mol. The molecular weight excluding hydrogens is 566 g/mol. The Labute approximate surface area is 257 Å². The Hall–Kier alpha value is -2.61. The molecule has 8 heteroatoms. The third kappa shape index (κ3) is 5.33. The van der Waals surface area contributed by atoms with E-state index in [0.29, 0.717) is 35.1 Å². The van der Waals surface area contributed by atoms with Gasteiger partial charge in [0.2, 0.25) is 11.8 Å². The summed E-state index contributed by atoms with van der Waals surface area (Å²) in [5.41, 5.74) is 6.44. The summed E-state index contributed by atoms with van der Waals surface area (Å²) < 4.78 is 0. The average molecular weight is 604 g/mol. The summed E-state index contributed by atoms with van der Waals surface area (Å²) >= 11 is 8.16. The van der Waals surface area contributed by atoms with E-state index < -0.39 is 6.04 Å². The van der Waals surface area contributed by atoms with Gasteiger partial charge in [-0.25, -0.2) is 0 Å². The minimum absolute atomic E-state index is 0.107. The topological polar surface area (TPSA) is 69.7 Å². The molecule has 0 aromatic heterocycles. The molecule has 3 aliphatic heterocycles. The van der Waals surface area contributed by atoms with E-state index in [1.165, 1.54) is 41.8 Å². The van der Waals surface area contributed by atoms with Crippen LogP contribution in [0.1, 0.15) is 73.9 Å². The zero-order valence-electron chi connectivity index (χ0n) is 24.3. The van der Waals surface area contributed by atoms with Crippen molar-refractivity contribution in [1.82, 2.24) is 15.1 Å². The molecule has 3 amide bonds. The lowest BCUT2D eigenvalue weighted by atomic mass is 9.72. The summed E-state index contributed by atoms with van der Waals surface area (Å²) in [6.07, 6.45) is 5.42. The van der Waals surface area contributed by atoms with Crippen LogP contribution in [0.15, 0.2) is 52.9 Å². The first kappa shape index (κ1) is 28.2. The third-order valence-electron chi connectivity index (χ3n) is 10.2. The number of carbonyl (C=O) groups excluding carboxylic acids is 3. The number of benzene rings is 2. The fourth-order valence-electron chi connectivity index (χ4n) is 7.73. The first-order valence-corrected chi connectivity index (χ1v) is 16.5. The van der Waals surface area contributed by atoms with Gasteiger partial charge in [0.15, 0.2) is 0 Å². The fourth-order valence-corrected chi connectivity index (χ4v) is 9.39. The van der Waals surface area contributed by atoms with Gasteiger partial charge in [0.05, 0.1) is 0 Å². The van der Waals surface area contributed by atoms with Crippen molar-refractivity contribution in [2.45, 2.75) is 75.1 Å². The van der Waals surface area contributed by atoms with Gasteiger partial charge in [-0.3, -0.25) is 24.6 Å². The van der Waals surface area contributed by atoms with E-state index in [1.807, 2.05) is 30.0 Å². The van der Waals surface area contributed by atoms with E-state index in [4.69, 9.17) is 11.6 Å². The lowest BCUT2D eigenvalue weighted by molar-refractivity contribution is -0.136. The highest BCUT2D eigenvalue weighted by molar-refractivity contribution is 8.00. The van der Waals surface area contributed by atoms with Gasteiger partial charge in [-0.05, 0) is 96.4 Å². The SMILES string of the molecule is CC1(C)CCC(CN2CC3CC(Sc4ccc5c(c4)CN(C4CCC(=O)NC4=O)C5=O)C3C2)=C(c2ccc(Cl)cc2)C1. The first-order valence-electron chi connectivity index (χ1n) is 15.3. The number of thioether (sulfide) groups is 1. The Bertz CT molecular complexity index is 1490. The predicted molar refractivity (Wildman–Crippen MR) is 166 cm³/mol. The number of halogens is 1. The van der Waals surface area contributed by atoms with Gasteiger partial charge in [-0.1, -0.05) is 43.2 Å². The number of nitrogens with zero attached hydrogens (tertiary/aromatic N) is 2. The molecule has 42 heavy (non-hydrogen) atoms. The van der Waals surface area contributed by atoms with Crippen LogP contribution < -0.4 is 5.32 Å². The smallest absolute Gasteiger partial charge is 0.255 e. The number of nitrogens with one attached hydrogen (secondary N) is 1. The predicted octanol–water partition coefficient (Wildman–Crippen LogP) is 6.18. The first-order chi connectivity index (χ1) is 20.1. The Kier molecular flexibility index (Phi) is 7.27. The van der Waals surface area contributed by atoms with Crippen molar-refractivity contribution in [3.63, 3.8) is 0 Å². The molecule has 5 aliphatic rings. The second-order valence-corrected chi connectivity index (χ2v) is 15.4. The maximum absolute atomic E-state index is 13.1. The van der Waals surface area contributed by atoms with Gasteiger partial charge < -0.3 is 4.90 Å². The molecule has 0 bridgehead atoms. The molecule has 7 rings (SSSR count). The largest absolute Gasteiger partial charge is 0.322 e. The van der Waals surface area contributed by atoms with Gasteiger partial charge >= 0.3 is 0 Å². The maximum atomic E-state index is 13.1. The minimum atomic E-state index is -0.568. The van der Waals surface area contributed by atoms with E-state index >= 15 is 0 Å². The molecule has 3 fully saturated rings. The molecule has 4 atom stereocenters. The van der Waals surface area contributed by atoms with E-state index in [-0.39, 0.29) is 24.1 Å². The summed E-state index contributed by atoms with van der Waals surface area (Å²) in [6.45, 7) is 8.60. The molecule has 6 nitrogen and oxygen atoms in total. The number of fused-ring (bicyclic) bond motifs is 2. The molecule has 2 aliphatic carbocycles. The van der Waals surface area contributed by atoms with Crippen LogP contribution in [-0.2, 0) is 16.1 Å². The van der Waals surface area contributed by atoms with Crippen molar-refractivity contribution >= 4 is 46.7 Å². The summed E-state index contributed by atoms with van der Waals surface area (Å²) in [5, 5.41) is 3.77. The van der Waals surface area contributed by atoms with Gasteiger partial charge in [-0.2, -0.15) is 0 Å². The van der Waals surface area contributed by atoms with Crippen molar-refractivity contribution in [3.05, 3.63) is 69.8 Å². The van der Waals surface area contributed by atoms with E-state index in [0.717, 1.165) is 36.0 Å². The normalized spacial score (nSPS) is 28.9. The third-order valence-corrected chi connectivity index (χ3v) is 11.8. The molecule has 4 unspecified atom stereocenters.